The van der Waals surface area contributed by atoms with Gasteiger partial charge in [-0.1, -0.05) is 139 Å². The normalized spacial score (nSPS) is 26.3. The lowest BCUT2D eigenvalue weighted by Crippen LogP contribution is -2.26. The smallest absolute Gasteiger partial charge is 0.0566 e. The summed E-state index contributed by atoms with van der Waals surface area (Å²) in [7, 11) is 0. The molecule has 0 spiro atoms. The Kier molecular flexibility index (Phi) is 32.0. The standard InChI is InChI=1S/C10H20O.2C10H22O.C10H20/c1-3-4-9-5-6-10(11)8(2)7-9;2*1-4-6-10(5-2)8-7-9(3)11;1-3-5-10-7-4-6-9(2)8-10/h8-11H,3-7H2,1-2H3;2*9-11H,4-8H2,1-3H3;9-10H,3-8H2,1-2H3. The molecule has 2 rings (SSSR count). The Morgan fingerprint density at radius 2 is 1.02 bits per heavy atom. The van der Waals surface area contributed by atoms with E-state index in [0.29, 0.717) is 5.92 Å². The summed E-state index contributed by atoms with van der Waals surface area (Å²) in [6.45, 7) is 21.8. The van der Waals surface area contributed by atoms with Crippen LogP contribution in [0.5, 0.6) is 0 Å². The van der Waals surface area contributed by atoms with E-state index in [1.165, 1.54) is 116 Å². The molecule has 262 valence electrons. The zero-order valence-corrected chi connectivity index (χ0v) is 31.4. The Balaban J connectivity index is 0. The third-order valence-electron chi connectivity index (χ3n) is 10.2. The third-order valence-corrected chi connectivity index (χ3v) is 10.2. The molecule has 0 saturated heterocycles. The highest BCUT2D eigenvalue weighted by Crippen LogP contribution is 2.32. The minimum Gasteiger partial charge on any atom is -0.393 e. The van der Waals surface area contributed by atoms with Crippen molar-refractivity contribution in [3.63, 3.8) is 0 Å². The Bertz CT molecular complexity index is 524. The number of hydrogen-bond acceptors (Lipinski definition) is 3. The molecule has 3 heteroatoms. The van der Waals surface area contributed by atoms with Gasteiger partial charge in [0.25, 0.3) is 0 Å². The second-order valence-electron chi connectivity index (χ2n) is 14.9. The average molecular weight is 613 g/mol. The van der Waals surface area contributed by atoms with E-state index in [4.69, 9.17) is 10.2 Å². The van der Waals surface area contributed by atoms with Gasteiger partial charge in [0.05, 0.1) is 18.3 Å². The van der Waals surface area contributed by atoms with Gasteiger partial charge in [-0.25, -0.2) is 0 Å². The molecule has 0 heterocycles. The highest BCUT2D eigenvalue weighted by molar-refractivity contribution is 4.76. The van der Waals surface area contributed by atoms with Crippen LogP contribution in [0.3, 0.4) is 0 Å². The summed E-state index contributed by atoms with van der Waals surface area (Å²) in [6.07, 6.45) is 26.9. The van der Waals surface area contributed by atoms with E-state index in [0.717, 1.165) is 48.9 Å². The summed E-state index contributed by atoms with van der Waals surface area (Å²) in [5.41, 5.74) is 0. The van der Waals surface area contributed by atoms with Crippen LogP contribution in [0.4, 0.5) is 0 Å². The SMILES string of the molecule is CCCC(CC)CCC(C)O.CCCC(CC)CCC(C)O.CCCC1CCC(O)C(C)C1.CCCC1CCCC(C)C1. The van der Waals surface area contributed by atoms with Crippen molar-refractivity contribution in [3.05, 3.63) is 0 Å². The van der Waals surface area contributed by atoms with Crippen LogP contribution in [0.25, 0.3) is 0 Å². The minimum absolute atomic E-state index is 0.0110. The molecule has 0 aromatic rings. The van der Waals surface area contributed by atoms with E-state index in [-0.39, 0.29) is 18.3 Å². The highest BCUT2D eigenvalue weighted by Gasteiger charge is 2.25. The molecule has 3 N–H and O–H groups in total. The van der Waals surface area contributed by atoms with Crippen LogP contribution in [-0.2, 0) is 0 Å². The second-order valence-corrected chi connectivity index (χ2v) is 14.9. The molecule has 43 heavy (non-hydrogen) atoms. The Hall–Kier alpha value is -0.120. The fourth-order valence-corrected chi connectivity index (χ4v) is 7.27. The quantitative estimate of drug-likeness (QED) is 0.162. The highest BCUT2D eigenvalue weighted by atomic mass is 16.3. The molecule has 2 saturated carbocycles. The Labute approximate surface area is 272 Å². The van der Waals surface area contributed by atoms with E-state index < -0.39 is 0 Å². The number of hydrogen-bond donors (Lipinski definition) is 3. The van der Waals surface area contributed by atoms with E-state index in [2.05, 4.69) is 55.4 Å². The summed E-state index contributed by atoms with van der Waals surface area (Å²) in [5, 5.41) is 27.6. The van der Waals surface area contributed by atoms with Crippen molar-refractivity contribution >= 4 is 0 Å². The number of aliphatic hydroxyl groups is 3. The van der Waals surface area contributed by atoms with Gasteiger partial charge in [0.2, 0.25) is 0 Å². The van der Waals surface area contributed by atoms with Gasteiger partial charge in [-0.05, 0) is 101 Å². The molecule has 0 radical (unpaired) electrons. The van der Waals surface area contributed by atoms with Crippen LogP contribution in [0.1, 0.15) is 204 Å². The van der Waals surface area contributed by atoms with Gasteiger partial charge in [-0.15, -0.1) is 0 Å². The fraction of sp³-hybridized carbons (Fsp3) is 1.00. The van der Waals surface area contributed by atoms with Gasteiger partial charge in [0, 0.05) is 0 Å². The maximum Gasteiger partial charge on any atom is 0.0566 e. The van der Waals surface area contributed by atoms with Crippen molar-refractivity contribution in [2.24, 2.45) is 35.5 Å². The maximum absolute atomic E-state index is 9.46. The first-order chi connectivity index (χ1) is 20.5. The van der Waals surface area contributed by atoms with Crippen molar-refractivity contribution in [2.45, 2.75) is 222 Å². The minimum atomic E-state index is -0.110. The predicted octanol–water partition coefficient (Wildman–Crippen LogP) is 12.1. The second kappa shape index (κ2) is 30.5. The van der Waals surface area contributed by atoms with Crippen molar-refractivity contribution in [1.29, 1.82) is 0 Å². The van der Waals surface area contributed by atoms with Crippen molar-refractivity contribution in [2.75, 3.05) is 0 Å². The predicted molar refractivity (Wildman–Crippen MR) is 193 cm³/mol. The van der Waals surface area contributed by atoms with Crippen molar-refractivity contribution in [1.82, 2.24) is 0 Å². The summed E-state index contributed by atoms with van der Waals surface area (Å²) in [6, 6.07) is 0. The largest absolute Gasteiger partial charge is 0.393 e. The molecule has 0 aromatic heterocycles. The number of aliphatic hydroxyl groups excluding tert-OH is 3. The van der Waals surface area contributed by atoms with E-state index in [1.54, 1.807) is 0 Å². The molecule has 0 amide bonds. The third kappa shape index (κ3) is 27.9. The van der Waals surface area contributed by atoms with Gasteiger partial charge in [-0.3, -0.25) is 0 Å². The molecule has 2 aliphatic carbocycles. The van der Waals surface area contributed by atoms with Gasteiger partial charge >= 0.3 is 0 Å². The molecule has 0 aliphatic heterocycles. The van der Waals surface area contributed by atoms with Gasteiger partial charge in [0.1, 0.15) is 0 Å². The molecule has 9 atom stereocenters. The monoisotopic (exact) mass is 613 g/mol. The van der Waals surface area contributed by atoms with E-state index >= 15 is 0 Å². The molecule has 2 aliphatic rings. The topological polar surface area (TPSA) is 60.7 Å². The maximum atomic E-state index is 9.46. The molecule has 0 aromatic carbocycles. The van der Waals surface area contributed by atoms with Crippen LogP contribution in [0, 0.1) is 35.5 Å². The zero-order chi connectivity index (χ0) is 33.0. The van der Waals surface area contributed by atoms with Crippen molar-refractivity contribution < 1.29 is 15.3 Å². The van der Waals surface area contributed by atoms with Crippen molar-refractivity contribution in [3.8, 4) is 0 Å². The molecule has 9 unspecified atom stereocenters. The summed E-state index contributed by atoms with van der Waals surface area (Å²) in [5.74, 6) is 5.22. The van der Waals surface area contributed by atoms with E-state index in [1.807, 2.05) is 13.8 Å². The van der Waals surface area contributed by atoms with Gasteiger partial charge in [0.15, 0.2) is 0 Å². The van der Waals surface area contributed by atoms with Crippen LogP contribution >= 0.6 is 0 Å². The van der Waals surface area contributed by atoms with Crippen LogP contribution in [0.2, 0.25) is 0 Å². The first-order valence-corrected chi connectivity index (χ1v) is 19.5. The van der Waals surface area contributed by atoms with Crippen LogP contribution in [0.15, 0.2) is 0 Å². The summed E-state index contributed by atoms with van der Waals surface area (Å²) < 4.78 is 0. The molecule has 2 fully saturated rings. The number of rotatable bonds is 16. The van der Waals surface area contributed by atoms with Gasteiger partial charge < -0.3 is 15.3 Å². The lowest BCUT2D eigenvalue weighted by molar-refractivity contribution is 0.0552. The fourth-order valence-electron chi connectivity index (χ4n) is 7.27. The first-order valence-electron chi connectivity index (χ1n) is 19.5. The molecular formula is C40H84O3. The van der Waals surface area contributed by atoms with E-state index in [9.17, 15) is 5.11 Å². The summed E-state index contributed by atoms with van der Waals surface area (Å²) >= 11 is 0. The first kappa shape index (κ1) is 45.0. The lowest BCUT2D eigenvalue weighted by Gasteiger charge is -2.30. The average Bonchev–Trinajstić information content (AvgIpc) is 2.96. The summed E-state index contributed by atoms with van der Waals surface area (Å²) in [4.78, 5) is 0. The Morgan fingerprint density at radius 3 is 1.37 bits per heavy atom. The van der Waals surface area contributed by atoms with Crippen LogP contribution in [-0.4, -0.2) is 33.6 Å². The molecule has 0 bridgehead atoms. The van der Waals surface area contributed by atoms with Gasteiger partial charge in [-0.2, -0.15) is 0 Å². The van der Waals surface area contributed by atoms with Crippen LogP contribution < -0.4 is 0 Å². The Morgan fingerprint density at radius 1 is 0.558 bits per heavy atom. The lowest BCUT2D eigenvalue weighted by atomic mass is 9.79. The zero-order valence-electron chi connectivity index (χ0n) is 31.4. The molecule has 3 nitrogen and oxygen atoms in total. The molecular weight excluding hydrogens is 528 g/mol.